The van der Waals surface area contributed by atoms with Crippen LogP contribution in [0.4, 0.5) is 0 Å². The minimum Gasteiger partial charge on any atom is -0.381 e. The summed E-state index contributed by atoms with van der Waals surface area (Å²) in [6, 6.07) is 0. The Labute approximate surface area is 79.8 Å². The summed E-state index contributed by atoms with van der Waals surface area (Å²) in [5, 5.41) is 10.1. The Bertz CT molecular complexity index is 307. The van der Waals surface area contributed by atoms with E-state index in [9.17, 15) is 5.11 Å². The van der Waals surface area contributed by atoms with Gasteiger partial charge in [-0.25, -0.2) is 0 Å². The molecule has 1 heteroatoms. The van der Waals surface area contributed by atoms with Crippen molar-refractivity contribution in [2.75, 3.05) is 0 Å². The third-order valence-electron chi connectivity index (χ3n) is 2.42. The van der Waals surface area contributed by atoms with Gasteiger partial charge in [0.15, 0.2) is 0 Å². The number of hydrogen-bond acceptors (Lipinski definition) is 1. The van der Waals surface area contributed by atoms with Crippen molar-refractivity contribution in [3.63, 3.8) is 0 Å². The highest BCUT2D eigenvalue weighted by molar-refractivity contribution is 5.40. The molecule has 0 fully saturated rings. The molecule has 0 heterocycles. The molecule has 70 valence electrons. The van der Waals surface area contributed by atoms with Crippen LogP contribution >= 0.6 is 0 Å². The second-order valence-electron chi connectivity index (χ2n) is 3.71. The number of aliphatic hydroxyl groups is 1. The predicted molar refractivity (Wildman–Crippen MR) is 56.4 cm³/mol. The molecule has 0 aromatic carbocycles. The minimum atomic E-state index is -0.872. The molecule has 1 N–H and O–H groups in total. The van der Waals surface area contributed by atoms with Gasteiger partial charge < -0.3 is 5.11 Å². The van der Waals surface area contributed by atoms with Crippen LogP contribution in [0.25, 0.3) is 0 Å². The van der Waals surface area contributed by atoms with Gasteiger partial charge in [0, 0.05) is 6.42 Å². The van der Waals surface area contributed by atoms with Gasteiger partial charge >= 0.3 is 0 Å². The van der Waals surface area contributed by atoms with Crippen LogP contribution in [-0.2, 0) is 0 Å². The molecule has 0 aliphatic heterocycles. The Hall–Kier alpha value is -1.08. The lowest BCUT2D eigenvalue weighted by Crippen LogP contribution is -2.29. The lowest BCUT2D eigenvalue weighted by Gasteiger charge is -2.29. The fourth-order valence-electron chi connectivity index (χ4n) is 1.32. The largest absolute Gasteiger partial charge is 0.381 e. The van der Waals surface area contributed by atoms with Crippen molar-refractivity contribution < 1.29 is 5.11 Å². The van der Waals surface area contributed by atoms with E-state index < -0.39 is 5.60 Å². The summed E-state index contributed by atoms with van der Waals surface area (Å²) in [5.74, 6) is 0. The summed E-state index contributed by atoms with van der Waals surface area (Å²) in [6.07, 6.45) is 6.22. The molecule has 0 spiro atoms. The van der Waals surface area contributed by atoms with Gasteiger partial charge in [-0.3, -0.25) is 0 Å². The fourth-order valence-corrected chi connectivity index (χ4v) is 1.32. The molecule has 1 atom stereocenters. The first-order chi connectivity index (χ1) is 5.96. The number of rotatable bonds is 2. The fraction of sp³-hybridized carbons (Fsp3) is 0.333. The molecule has 0 saturated heterocycles. The van der Waals surface area contributed by atoms with E-state index in [1.165, 1.54) is 0 Å². The van der Waals surface area contributed by atoms with Gasteiger partial charge in [0.2, 0.25) is 0 Å². The summed E-state index contributed by atoms with van der Waals surface area (Å²) in [7, 11) is 0. The zero-order chi connectivity index (χ0) is 10.1. The molecule has 0 aromatic heterocycles. The highest BCUT2D eigenvalue weighted by atomic mass is 16.3. The van der Waals surface area contributed by atoms with Crippen molar-refractivity contribution in [2.45, 2.75) is 25.9 Å². The van der Waals surface area contributed by atoms with Gasteiger partial charge in [0.25, 0.3) is 0 Å². The van der Waals surface area contributed by atoms with Gasteiger partial charge in [-0.2, -0.15) is 0 Å². The highest BCUT2D eigenvalue weighted by Crippen LogP contribution is 2.31. The second-order valence-corrected chi connectivity index (χ2v) is 3.71. The van der Waals surface area contributed by atoms with Gasteiger partial charge in [0.05, 0.1) is 0 Å². The average molecular weight is 176 g/mol. The maximum Gasteiger partial charge on any atom is 0.108 e. The van der Waals surface area contributed by atoms with Gasteiger partial charge in [-0.1, -0.05) is 30.9 Å². The maximum atomic E-state index is 10.1. The molecule has 0 amide bonds. The van der Waals surface area contributed by atoms with Gasteiger partial charge in [-0.05, 0) is 31.1 Å². The first-order valence-electron chi connectivity index (χ1n) is 4.38. The van der Waals surface area contributed by atoms with Gasteiger partial charge in [0.1, 0.15) is 5.60 Å². The topological polar surface area (TPSA) is 20.2 Å². The summed E-state index contributed by atoms with van der Waals surface area (Å²) in [6.45, 7) is 11.4. The average Bonchev–Trinajstić information content (AvgIpc) is 2.04. The van der Waals surface area contributed by atoms with Crippen LogP contribution in [0.15, 0.2) is 48.1 Å². The molecule has 0 saturated carbocycles. The summed E-state index contributed by atoms with van der Waals surface area (Å²) in [4.78, 5) is 0. The monoisotopic (exact) mass is 176 g/mol. The van der Waals surface area contributed by atoms with Crippen molar-refractivity contribution in [1.29, 1.82) is 0 Å². The zero-order valence-electron chi connectivity index (χ0n) is 8.30. The smallest absolute Gasteiger partial charge is 0.108 e. The highest BCUT2D eigenvalue weighted by Gasteiger charge is 2.27. The lowest BCUT2D eigenvalue weighted by atomic mass is 9.83. The predicted octanol–water partition coefficient (Wildman–Crippen LogP) is 2.76. The van der Waals surface area contributed by atoms with Crippen molar-refractivity contribution in [3.05, 3.63) is 48.1 Å². The lowest BCUT2D eigenvalue weighted by molar-refractivity contribution is 0.129. The Morgan fingerprint density at radius 3 is 2.54 bits per heavy atom. The molecule has 1 aliphatic rings. The molecule has 13 heavy (non-hydrogen) atoms. The van der Waals surface area contributed by atoms with Crippen LogP contribution in [0.3, 0.4) is 0 Å². The van der Waals surface area contributed by atoms with E-state index in [1.54, 1.807) is 6.08 Å². The molecule has 1 unspecified atom stereocenters. The molecular weight excluding hydrogens is 160 g/mol. The van der Waals surface area contributed by atoms with Crippen molar-refractivity contribution in [1.82, 2.24) is 0 Å². The Morgan fingerprint density at radius 1 is 1.46 bits per heavy atom. The van der Waals surface area contributed by atoms with E-state index >= 15 is 0 Å². The van der Waals surface area contributed by atoms with Crippen LogP contribution in [0.5, 0.6) is 0 Å². The zero-order valence-corrected chi connectivity index (χ0v) is 8.30. The van der Waals surface area contributed by atoms with Crippen LogP contribution in [0, 0.1) is 0 Å². The van der Waals surface area contributed by atoms with Crippen LogP contribution < -0.4 is 0 Å². The van der Waals surface area contributed by atoms with Crippen molar-refractivity contribution in [2.24, 2.45) is 0 Å². The van der Waals surface area contributed by atoms with E-state index in [4.69, 9.17) is 0 Å². The maximum absolute atomic E-state index is 10.1. The van der Waals surface area contributed by atoms with E-state index in [1.807, 2.05) is 26.0 Å². The Morgan fingerprint density at radius 2 is 2.08 bits per heavy atom. The second kappa shape index (κ2) is 3.35. The summed E-state index contributed by atoms with van der Waals surface area (Å²) in [5.41, 5.74) is 2.00. The SMILES string of the molecule is C=C(C)C1=CC=CC(O)(C(=C)C)C1. The molecule has 0 aromatic rings. The van der Waals surface area contributed by atoms with E-state index in [2.05, 4.69) is 13.2 Å². The van der Waals surface area contributed by atoms with E-state index in [-0.39, 0.29) is 0 Å². The third-order valence-corrected chi connectivity index (χ3v) is 2.42. The van der Waals surface area contributed by atoms with Crippen LogP contribution in [0.1, 0.15) is 20.3 Å². The first kappa shape index (κ1) is 10.0. The number of hydrogen-bond donors (Lipinski definition) is 1. The van der Waals surface area contributed by atoms with Crippen molar-refractivity contribution in [3.8, 4) is 0 Å². The normalized spacial score (nSPS) is 26.8. The van der Waals surface area contributed by atoms with E-state index in [0.717, 1.165) is 16.7 Å². The van der Waals surface area contributed by atoms with Crippen LogP contribution in [0.2, 0.25) is 0 Å². The standard InChI is InChI=1S/C12H16O/c1-9(2)11-6-5-7-12(13,8-11)10(3)4/h5-7,13H,1,3,8H2,2,4H3. The summed E-state index contributed by atoms with van der Waals surface area (Å²) >= 11 is 0. The molecule has 1 nitrogen and oxygen atoms in total. The van der Waals surface area contributed by atoms with Crippen molar-refractivity contribution >= 4 is 0 Å². The molecule has 1 rings (SSSR count). The molecule has 0 bridgehead atoms. The number of allylic oxidation sites excluding steroid dienone is 3. The Kier molecular flexibility index (Phi) is 2.58. The summed E-state index contributed by atoms with van der Waals surface area (Å²) < 4.78 is 0. The molecular formula is C12H16O. The first-order valence-corrected chi connectivity index (χ1v) is 4.38. The molecule has 1 aliphatic carbocycles. The Balaban J connectivity index is 2.92. The third kappa shape index (κ3) is 1.99. The minimum absolute atomic E-state index is 0.591. The quantitative estimate of drug-likeness (QED) is 0.641. The molecule has 0 radical (unpaired) electrons. The van der Waals surface area contributed by atoms with E-state index in [0.29, 0.717) is 6.42 Å². The van der Waals surface area contributed by atoms with Crippen LogP contribution in [-0.4, -0.2) is 10.7 Å². The van der Waals surface area contributed by atoms with Gasteiger partial charge in [-0.15, -0.1) is 0 Å².